The Labute approximate surface area is 91.3 Å². The first kappa shape index (κ1) is 9.22. The molecule has 0 bridgehead atoms. The Balaban J connectivity index is 1.74. The first-order valence-corrected chi connectivity index (χ1v) is 5.89. The molecule has 3 rings (SSSR count). The summed E-state index contributed by atoms with van der Waals surface area (Å²) in [6, 6.07) is 7.72. The molecule has 0 atom stereocenters. The molecule has 1 saturated carbocycles. The molecule has 15 heavy (non-hydrogen) atoms. The largest absolute Gasteiger partial charge is 0.384 e. The van der Waals surface area contributed by atoms with Crippen LogP contribution < -0.4 is 5.32 Å². The Morgan fingerprint density at radius 2 is 2.27 bits per heavy atom. The van der Waals surface area contributed by atoms with Crippen LogP contribution in [0.2, 0.25) is 0 Å². The summed E-state index contributed by atoms with van der Waals surface area (Å²) < 4.78 is 0. The van der Waals surface area contributed by atoms with Gasteiger partial charge in [0.15, 0.2) is 0 Å². The van der Waals surface area contributed by atoms with Gasteiger partial charge in [0.25, 0.3) is 0 Å². The number of rotatable bonds is 3. The molecule has 0 aromatic heterocycles. The van der Waals surface area contributed by atoms with E-state index in [0.717, 1.165) is 19.1 Å². The number of hydrogen-bond donors (Lipinski definition) is 1. The molecule has 1 fully saturated rings. The van der Waals surface area contributed by atoms with E-state index < -0.39 is 0 Å². The Morgan fingerprint density at radius 3 is 3.07 bits per heavy atom. The average molecular weight is 202 g/mol. The molecule has 0 radical (unpaired) electrons. The van der Waals surface area contributed by atoms with E-state index >= 15 is 0 Å². The van der Waals surface area contributed by atoms with E-state index in [4.69, 9.17) is 0 Å². The van der Waals surface area contributed by atoms with Crippen LogP contribution in [-0.4, -0.2) is 24.5 Å². The summed E-state index contributed by atoms with van der Waals surface area (Å²) in [4.78, 5) is 2.48. The van der Waals surface area contributed by atoms with Crippen LogP contribution in [0.25, 0.3) is 0 Å². The van der Waals surface area contributed by atoms with Gasteiger partial charge in [0.05, 0.1) is 0 Å². The minimum atomic E-state index is 0.858. The van der Waals surface area contributed by atoms with Crippen molar-refractivity contribution in [3.63, 3.8) is 0 Å². The van der Waals surface area contributed by atoms with Crippen LogP contribution in [0, 0.1) is 0 Å². The Kier molecular flexibility index (Phi) is 2.17. The third-order valence-corrected chi connectivity index (χ3v) is 3.48. The molecule has 0 spiro atoms. The lowest BCUT2D eigenvalue weighted by molar-refractivity contribution is 0.316. The lowest BCUT2D eigenvalue weighted by atomic mass is 10.1. The fourth-order valence-corrected chi connectivity index (χ4v) is 2.39. The van der Waals surface area contributed by atoms with Crippen LogP contribution in [-0.2, 0) is 13.0 Å². The van der Waals surface area contributed by atoms with Gasteiger partial charge in [-0.05, 0) is 43.5 Å². The molecule has 1 aliphatic carbocycles. The Hall–Kier alpha value is -1.02. The predicted octanol–water partition coefficient (Wildman–Crippen LogP) is 2.25. The monoisotopic (exact) mass is 202 g/mol. The number of hydrogen-bond acceptors (Lipinski definition) is 2. The summed E-state index contributed by atoms with van der Waals surface area (Å²) in [7, 11) is 2.24. The van der Waals surface area contributed by atoms with Crippen molar-refractivity contribution in [3.8, 4) is 0 Å². The van der Waals surface area contributed by atoms with Gasteiger partial charge in [-0.15, -0.1) is 0 Å². The maximum atomic E-state index is 3.40. The first-order chi connectivity index (χ1) is 7.33. The van der Waals surface area contributed by atoms with Gasteiger partial charge in [0.1, 0.15) is 0 Å². The van der Waals surface area contributed by atoms with Crippen LogP contribution in [0.4, 0.5) is 5.69 Å². The van der Waals surface area contributed by atoms with Crippen LogP contribution in [0.5, 0.6) is 0 Å². The average Bonchev–Trinajstić information content (AvgIpc) is 2.98. The minimum absolute atomic E-state index is 0.858. The van der Waals surface area contributed by atoms with Crippen molar-refractivity contribution in [1.29, 1.82) is 0 Å². The fourth-order valence-electron chi connectivity index (χ4n) is 2.39. The van der Waals surface area contributed by atoms with Gasteiger partial charge in [-0.1, -0.05) is 12.1 Å². The molecule has 2 nitrogen and oxygen atoms in total. The van der Waals surface area contributed by atoms with Gasteiger partial charge >= 0.3 is 0 Å². The highest BCUT2D eigenvalue weighted by Crippen LogP contribution is 2.28. The zero-order chi connectivity index (χ0) is 10.3. The maximum absolute atomic E-state index is 3.40. The van der Waals surface area contributed by atoms with E-state index in [1.54, 1.807) is 0 Å². The standard InChI is InChI=1S/C13H18N2/c1-15(12-3-4-12)9-10-2-5-13-11(8-10)6-7-14-13/h2,5,8,12,14H,3-4,6-7,9H2,1H3. The molecule has 2 heteroatoms. The molecule has 0 saturated heterocycles. The molecular formula is C13H18N2. The third-order valence-electron chi connectivity index (χ3n) is 3.48. The second kappa shape index (κ2) is 3.53. The van der Waals surface area contributed by atoms with Crippen LogP contribution >= 0.6 is 0 Å². The van der Waals surface area contributed by atoms with Gasteiger partial charge in [-0.25, -0.2) is 0 Å². The van der Waals surface area contributed by atoms with Gasteiger partial charge < -0.3 is 5.32 Å². The second-order valence-electron chi connectivity index (χ2n) is 4.81. The summed E-state index contributed by atoms with van der Waals surface area (Å²) in [6.45, 7) is 2.22. The van der Waals surface area contributed by atoms with E-state index in [1.165, 1.54) is 36.1 Å². The topological polar surface area (TPSA) is 15.3 Å². The molecule has 2 aliphatic rings. The van der Waals surface area contributed by atoms with Crippen molar-refractivity contribution in [1.82, 2.24) is 4.90 Å². The summed E-state index contributed by atoms with van der Waals surface area (Å²) in [6.07, 6.45) is 3.97. The quantitative estimate of drug-likeness (QED) is 0.808. The molecule has 1 aromatic carbocycles. The van der Waals surface area contributed by atoms with Crippen LogP contribution in [0.1, 0.15) is 24.0 Å². The third kappa shape index (κ3) is 1.86. The van der Waals surface area contributed by atoms with Crippen molar-refractivity contribution in [3.05, 3.63) is 29.3 Å². The van der Waals surface area contributed by atoms with E-state index in [1.807, 2.05) is 0 Å². The number of nitrogens with one attached hydrogen (secondary N) is 1. The second-order valence-corrected chi connectivity index (χ2v) is 4.81. The number of benzene rings is 1. The summed E-state index contributed by atoms with van der Waals surface area (Å²) >= 11 is 0. The van der Waals surface area contributed by atoms with E-state index in [9.17, 15) is 0 Å². The van der Waals surface area contributed by atoms with Gasteiger partial charge in [0, 0.05) is 24.8 Å². The molecule has 1 aliphatic heterocycles. The first-order valence-electron chi connectivity index (χ1n) is 5.89. The Bertz CT molecular complexity index is 369. The van der Waals surface area contributed by atoms with Crippen molar-refractivity contribution >= 4 is 5.69 Å². The highest BCUT2D eigenvalue weighted by molar-refractivity contribution is 5.56. The molecule has 1 N–H and O–H groups in total. The fraction of sp³-hybridized carbons (Fsp3) is 0.538. The van der Waals surface area contributed by atoms with E-state index in [-0.39, 0.29) is 0 Å². The number of anilines is 1. The zero-order valence-electron chi connectivity index (χ0n) is 9.29. The SMILES string of the molecule is CN(Cc1ccc2c(c1)CCN2)C1CC1. The van der Waals surface area contributed by atoms with Crippen LogP contribution in [0.3, 0.4) is 0 Å². The van der Waals surface area contributed by atoms with Crippen LogP contribution in [0.15, 0.2) is 18.2 Å². The molecule has 80 valence electrons. The van der Waals surface area contributed by atoms with Gasteiger partial charge in [-0.2, -0.15) is 0 Å². The zero-order valence-corrected chi connectivity index (χ0v) is 9.29. The predicted molar refractivity (Wildman–Crippen MR) is 63.1 cm³/mol. The number of nitrogens with zero attached hydrogens (tertiary/aromatic N) is 1. The molecule has 1 aromatic rings. The lowest BCUT2D eigenvalue weighted by Crippen LogP contribution is -2.19. The molecule has 1 heterocycles. The van der Waals surface area contributed by atoms with Crippen molar-refractivity contribution in [2.24, 2.45) is 0 Å². The van der Waals surface area contributed by atoms with E-state index in [2.05, 4.69) is 35.5 Å². The summed E-state index contributed by atoms with van der Waals surface area (Å²) in [5, 5.41) is 3.40. The molecular weight excluding hydrogens is 184 g/mol. The minimum Gasteiger partial charge on any atom is -0.384 e. The summed E-state index contributed by atoms with van der Waals surface area (Å²) in [5.74, 6) is 0. The maximum Gasteiger partial charge on any atom is 0.0373 e. The Morgan fingerprint density at radius 1 is 1.40 bits per heavy atom. The van der Waals surface area contributed by atoms with Gasteiger partial charge in [0.2, 0.25) is 0 Å². The normalized spacial score (nSPS) is 19.1. The van der Waals surface area contributed by atoms with Crippen molar-refractivity contribution < 1.29 is 0 Å². The number of fused-ring (bicyclic) bond motifs is 1. The van der Waals surface area contributed by atoms with E-state index in [0.29, 0.717) is 0 Å². The smallest absolute Gasteiger partial charge is 0.0373 e. The lowest BCUT2D eigenvalue weighted by Gasteiger charge is -2.16. The van der Waals surface area contributed by atoms with Gasteiger partial charge in [-0.3, -0.25) is 4.90 Å². The van der Waals surface area contributed by atoms with Crippen molar-refractivity contribution in [2.75, 3.05) is 18.9 Å². The molecule has 0 amide bonds. The van der Waals surface area contributed by atoms with Crippen molar-refractivity contribution in [2.45, 2.75) is 31.8 Å². The summed E-state index contributed by atoms with van der Waals surface area (Å²) in [5.41, 5.74) is 4.30. The highest BCUT2D eigenvalue weighted by Gasteiger charge is 2.26. The molecule has 0 unspecified atom stereocenters. The highest BCUT2D eigenvalue weighted by atomic mass is 15.1.